The number of hydrogen-bond acceptors (Lipinski definition) is 3. The van der Waals surface area contributed by atoms with Crippen LogP contribution >= 0.6 is 0 Å². The summed E-state index contributed by atoms with van der Waals surface area (Å²) in [5.74, 6) is -1.29. The molecule has 1 atom stereocenters. The van der Waals surface area contributed by atoms with Gasteiger partial charge in [0.05, 0.1) is 6.04 Å². The predicted molar refractivity (Wildman–Crippen MR) is 87.2 cm³/mol. The number of amides is 1. The van der Waals surface area contributed by atoms with Crippen LogP contribution in [-0.2, 0) is 4.79 Å². The Morgan fingerprint density at radius 1 is 1.08 bits per heavy atom. The van der Waals surface area contributed by atoms with Gasteiger partial charge in [0.15, 0.2) is 0 Å². The molecule has 0 saturated heterocycles. The quantitative estimate of drug-likeness (QED) is 0.797. The lowest BCUT2D eigenvalue weighted by molar-refractivity contribution is -0.305. The second-order valence-corrected chi connectivity index (χ2v) is 5.90. The zero-order valence-corrected chi connectivity index (χ0v) is 12.9. The van der Waals surface area contributed by atoms with Crippen molar-refractivity contribution in [2.75, 3.05) is 6.54 Å². The fourth-order valence-corrected chi connectivity index (χ4v) is 3.47. The van der Waals surface area contributed by atoms with E-state index in [1.54, 1.807) is 11.0 Å². The fourth-order valence-electron chi connectivity index (χ4n) is 3.47. The number of fused-ring (bicyclic) bond motifs is 2. The highest BCUT2D eigenvalue weighted by Crippen LogP contribution is 2.40. The smallest absolute Gasteiger partial charge is 0.255 e. The van der Waals surface area contributed by atoms with Crippen LogP contribution in [0.4, 0.5) is 0 Å². The van der Waals surface area contributed by atoms with E-state index in [9.17, 15) is 14.7 Å². The number of benzene rings is 2. The summed E-state index contributed by atoms with van der Waals surface area (Å²) in [5.41, 5.74) is 3.50. The van der Waals surface area contributed by atoms with Gasteiger partial charge in [0.2, 0.25) is 0 Å². The summed E-state index contributed by atoms with van der Waals surface area (Å²) in [6.07, 6.45) is 1.72. The summed E-state index contributed by atoms with van der Waals surface area (Å²) in [6, 6.07) is 15.0. The number of carbonyl (C=O) groups excluding carboxylic acids is 2. The molecule has 4 rings (SSSR count). The minimum Gasteiger partial charge on any atom is -0.550 e. The van der Waals surface area contributed by atoms with Gasteiger partial charge >= 0.3 is 0 Å². The van der Waals surface area contributed by atoms with Gasteiger partial charge in [-0.2, -0.15) is 0 Å². The number of H-pyrrole nitrogens is 1. The van der Waals surface area contributed by atoms with E-state index in [4.69, 9.17) is 0 Å². The van der Waals surface area contributed by atoms with Crippen molar-refractivity contribution in [3.05, 3.63) is 71.4 Å². The first-order valence-electron chi connectivity index (χ1n) is 7.82. The average molecular weight is 319 g/mol. The molecule has 24 heavy (non-hydrogen) atoms. The van der Waals surface area contributed by atoms with E-state index >= 15 is 0 Å². The van der Waals surface area contributed by atoms with Gasteiger partial charge in [0.25, 0.3) is 5.91 Å². The second-order valence-electron chi connectivity index (χ2n) is 5.90. The van der Waals surface area contributed by atoms with Gasteiger partial charge in [-0.15, -0.1) is 0 Å². The Labute approximate surface area is 138 Å². The number of aliphatic carboxylic acids is 1. The SMILES string of the molecule is O=C([O-])CCN1C(=O)c2ccccc2[C@@H]1c1c[nH]c2ccccc12. The largest absolute Gasteiger partial charge is 0.550 e. The molecule has 0 fully saturated rings. The van der Waals surface area contributed by atoms with Crippen LogP contribution in [0.5, 0.6) is 0 Å². The van der Waals surface area contributed by atoms with Crippen LogP contribution in [0.25, 0.3) is 10.9 Å². The van der Waals surface area contributed by atoms with Crippen LogP contribution in [0.3, 0.4) is 0 Å². The highest BCUT2D eigenvalue weighted by Gasteiger charge is 2.38. The maximum Gasteiger partial charge on any atom is 0.255 e. The third-order valence-corrected chi connectivity index (χ3v) is 4.53. The van der Waals surface area contributed by atoms with Crippen LogP contribution in [0.1, 0.15) is 33.9 Å². The molecule has 120 valence electrons. The molecule has 5 nitrogen and oxygen atoms in total. The summed E-state index contributed by atoms with van der Waals surface area (Å²) >= 11 is 0. The number of nitrogens with one attached hydrogen (secondary N) is 1. The molecule has 0 aliphatic carbocycles. The average Bonchev–Trinajstić information content (AvgIpc) is 3.12. The van der Waals surface area contributed by atoms with Crippen LogP contribution in [0, 0.1) is 0 Å². The lowest BCUT2D eigenvalue weighted by Crippen LogP contribution is -2.34. The van der Waals surface area contributed by atoms with Gasteiger partial charge in [-0.1, -0.05) is 36.4 Å². The maximum absolute atomic E-state index is 12.8. The molecule has 1 amide bonds. The fraction of sp³-hybridized carbons (Fsp3) is 0.158. The number of carboxylic acids is 1. The van der Waals surface area contributed by atoms with Crippen LogP contribution < -0.4 is 5.11 Å². The monoisotopic (exact) mass is 319 g/mol. The van der Waals surface area contributed by atoms with Crippen molar-refractivity contribution in [3.63, 3.8) is 0 Å². The second kappa shape index (κ2) is 5.53. The van der Waals surface area contributed by atoms with Gasteiger partial charge in [0.1, 0.15) is 0 Å². The van der Waals surface area contributed by atoms with E-state index in [2.05, 4.69) is 4.98 Å². The standard InChI is InChI=1S/C19H16N2O3/c22-17(23)9-10-21-18(13-6-1-2-7-14(13)19(21)24)15-11-20-16-8-4-3-5-12(15)16/h1-8,11,18,20H,9-10H2,(H,22,23)/p-1/t18-/m1/s1. The van der Waals surface area contributed by atoms with E-state index in [0.29, 0.717) is 5.56 Å². The van der Waals surface area contributed by atoms with Crippen molar-refractivity contribution >= 4 is 22.8 Å². The van der Waals surface area contributed by atoms with Crippen molar-refractivity contribution < 1.29 is 14.7 Å². The Balaban J connectivity index is 1.85. The summed E-state index contributed by atoms with van der Waals surface area (Å²) in [6.45, 7) is 0.125. The number of aromatic nitrogens is 1. The number of para-hydroxylation sites is 1. The minimum absolute atomic E-state index is 0.125. The molecule has 5 heteroatoms. The van der Waals surface area contributed by atoms with Crippen LogP contribution in [0.15, 0.2) is 54.7 Å². The van der Waals surface area contributed by atoms with E-state index in [0.717, 1.165) is 22.0 Å². The van der Waals surface area contributed by atoms with E-state index in [1.165, 1.54) is 0 Å². The van der Waals surface area contributed by atoms with E-state index in [1.807, 2.05) is 48.7 Å². The number of carboxylic acid groups (broad SMARTS) is 1. The summed E-state index contributed by atoms with van der Waals surface area (Å²) in [7, 11) is 0. The Morgan fingerprint density at radius 2 is 1.83 bits per heavy atom. The van der Waals surface area contributed by atoms with Crippen LogP contribution in [-0.4, -0.2) is 28.3 Å². The third kappa shape index (κ3) is 2.17. The number of rotatable bonds is 4. The summed E-state index contributed by atoms with van der Waals surface area (Å²) < 4.78 is 0. The lowest BCUT2D eigenvalue weighted by atomic mass is 9.97. The Bertz CT molecular complexity index is 944. The zero-order valence-electron chi connectivity index (χ0n) is 12.9. The molecule has 0 saturated carbocycles. The predicted octanol–water partition coefficient (Wildman–Crippen LogP) is 1.85. The van der Waals surface area contributed by atoms with Crippen molar-refractivity contribution in [2.24, 2.45) is 0 Å². The summed E-state index contributed by atoms with van der Waals surface area (Å²) in [4.78, 5) is 28.5. The highest BCUT2D eigenvalue weighted by molar-refractivity contribution is 6.01. The topological polar surface area (TPSA) is 76.2 Å². The molecule has 1 aliphatic heterocycles. The Kier molecular flexibility index (Phi) is 3.34. The third-order valence-electron chi connectivity index (χ3n) is 4.53. The van der Waals surface area contributed by atoms with Gasteiger partial charge in [-0.05, 0) is 17.7 Å². The molecule has 1 aliphatic rings. The Hall–Kier alpha value is -3.08. The first-order valence-corrected chi connectivity index (χ1v) is 7.82. The number of carbonyl (C=O) groups is 2. The van der Waals surface area contributed by atoms with Crippen molar-refractivity contribution in [1.29, 1.82) is 0 Å². The first-order chi connectivity index (χ1) is 11.7. The number of aromatic amines is 1. The highest BCUT2D eigenvalue weighted by atomic mass is 16.4. The molecule has 2 heterocycles. The molecular formula is C19H15N2O3-. The zero-order chi connectivity index (χ0) is 16.7. The molecule has 1 aromatic heterocycles. The first kappa shape index (κ1) is 14.5. The molecule has 2 aromatic carbocycles. The van der Waals surface area contributed by atoms with E-state index in [-0.39, 0.29) is 24.9 Å². The van der Waals surface area contributed by atoms with Crippen molar-refractivity contribution in [3.8, 4) is 0 Å². The van der Waals surface area contributed by atoms with Gasteiger partial charge in [-0.25, -0.2) is 0 Å². The molecule has 0 unspecified atom stereocenters. The Morgan fingerprint density at radius 3 is 2.67 bits per heavy atom. The molecule has 0 spiro atoms. The van der Waals surface area contributed by atoms with Crippen molar-refractivity contribution in [2.45, 2.75) is 12.5 Å². The minimum atomic E-state index is -1.16. The van der Waals surface area contributed by atoms with Gasteiger partial charge in [-0.3, -0.25) is 4.79 Å². The molecule has 1 N–H and O–H groups in total. The summed E-state index contributed by atoms with van der Waals surface area (Å²) in [5, 5.41) is 11.9. The molecule has 0 radical (unpaired) electrons. The molecule has 0 bridgehead atoms. The maximum atomic E-state index is 12.8. The van der Waals surface area contributed by atoms with Gasteiger partial charge < -0.3 is 19.8 Å². The lowest BCUT2D eigenvalue weighted by Gasteiger charge is -2.25. The van der Waals surface area contributed by atoms with E-state index < -0.39 is 5.97 Å². The van der Waals surface area contributed by atoms with Crippen molar-refractivity contribution in [1.82, 2.24) is 9.88 Å². The molecule has 3 aromatic rings. The number of hydrogen-bond donors (Lipinski definition) is 1. The normalized spacial score (nSPS) is 16.6. The number of nitrogens with zero attached hydrogens (tertiary/aromatic N) is 1. The molecular weight excluding hydrogens is 304 g/mol. The van der Waals surface area contributed by atoms with Crippen LogP contribution in [0.2, 0.25) is 0 Å². The van der Waals surface area contributed by atoms with Gasteiger partial charge in [0, 0.05) is 47.2 Å².